The molecule has 0 aliphatic heterocycles. The van der Waals surface area contributed by atoms with Crippen molar-refractivity contribution in [2.24, 2.45) is 0 Å². The van der Waals surface area contributed by atoms with Gasteiger partial charge < -0.3 is 4.74 Å². The molecule has 2 aromatic rings. The zero-order valence-electron chi connectivity index (χ0n) is 9.60. The van der Waals surface area contributed by atoms with Crippen molar-refractivity contribution in [2.75, 3.05) is 12.5 Å². The molecule has 0 aliphatic rings. The topological polar surface area (TPSA) is 9.23 Å². The normalized spacial score (nSPS) is 10.2. The van der Waals surface area contributed by atoms with Gasteiger partial charge >= 0.3 is 0 Å². The Morgan fingerprint density at radius 3 is 2.12 bits per heavy atom. The third-order valence-corrected chi connectivity index (χ3v) is 2.78. The maximum Gasteiger partial charge on any atom is 0.119 e. The first-order chi connectivity index (χ1) is 8.40. The van der Waals surface area contributed by atoms with E-state index in [9.17, 15) is 0 Å². The highest BCUT2D eigenvalue weighted by atomic mass is 35.5. The van der Waals surface area contributed by atoms with Crippen LogP contribution in [0.2, 0.25) is 0 Å². The molecule has 17 heavy (non-hydrogen) atoms. The van der Waals surface area contributed by atoms with Gasteiger partial charge in [-0.15, -0.1) is 11.6 Å². The fourth-order valence-electron chi connectivity index (χ4n) is 1.62. The summed E-state index contributed by atoms with van der Waals surface area (Å²) in [6, 6.07) is 18.4. The number of benzene rings is 2. The molecule has 0 amide bonds. The largest absolute Gasteiger partial charge is 0.494 e. The molecule has 0 aromatic heterocycles. The number of alkyl halides is 1. The summed E-state index contributed by atoms with van der Waals surface area (Å²) < 4.78 is 5.55. The van der Waals surface area contributed by atoms with Crippen molar-refractivity contribution >= 4 is 11.6 Å². The molecule has 0 radical (unpaired) electrons. The van der Waals surface area contributed by atoms with Crippen LogP contribution in [-0.2, 0) is 0 Å². The molecule has 0 spiro atoms. The zero-order valence-corrected chi connectivity index (χ0v) is 10.4. The first-order valence-corrected chi connectivity index (χ1v) is 6.28. The van der Waals surface area contributed by atoms with Gasteiger partial charge in [-0.3, -0.25) is 0 Å². The van der Waals surface area contributed by atoms with Crippen LogP contribution in [0.5, 0.6) is 5.75 Å². The summed E-state index contributed by atoms with van der Waals surface area (Å²) in [7, 11) is 0. The van der Waals surface area contributed by atoms with Crippen molar-refractivity contribution in [1.29, 1.82) is 0 Å². The Labute approximate surface area is 107 Å². The number of rotatable bonds is 5. The SMILES string of the molecule is ClCCCOc1ccc(-c2ccccc2)cc1. The smallest absolute Gasteiger partial charge is 0.119 e. The Hall–Kier alpha value is -1.47. The quantitative estimate of drug-likeness (QED) is 0.563. The van der Waals surface area contributed by atoms with Crippen molar-refractivity contribution in [3.8, 4) is 16.9 Å². The number of hydrogen-bond donors (Lipinski definition) is 0. The van der Waals surface area contributed by atoms with E-state index in [1.165, 1.54) is 11.1 Å². The minimum Gasteiger partial charge on any atom is -0.494 e. The summed E-state index contributed by atoms with van der Waals surface area (Å²) in [6.07, 6.45) is 0.877. The van der Waals surface area contributed by atoms with Crippen LogP contribution in [0.25, 0.3) is 11.1 Å². The van der Waals surface area contributed by atoms with E-state index in [0.29, 0.717) is 12.5 Å². The molecule has 0 heterocycles. The lowest BCUT2D eigenvalue weighted by Crippen LogP contribution is -1.97. The molecular formula is C15H15ClO. The Balaban J connectivity index is 2.03. The summed E-state index contributed by atoms with van der Waals surface area (Å²) in [4.78, 5) is 0. The first-order valence-electron chi connectivity index (χ1n) is 5.74. The molecule has 2 rings (SSSR count). The molecule has 0 atom stereocenters. The average Bonchev–Trinajstić information content (AvgIpc) is 2.41. The molecule has 0 saturated heterocycles. The summed E-state index contributed by atoms with van der Waals surface area (Å²) in [5.41, 5.74) is 2.43. The van der Waals surface area contributed by atoms with Gasteiger partial charge in [0, 0.05) is 5.88 Å². The molecule has 1 nitrogen and oxygen atoms in total. The minimum absolute atomic E-state index is 0.641. The van der Waals surface area contributed by atoms with E-state index in [0.717, 1.165) is 12.2 Å². The second-order valence-electron chi connectivity index (χ2n) is 3.78. The highest BCUT2D eigenvalue weighted by molar-refractivity contribution is 6.17. The van der Waals surface area contributed by atoms with Crippen molar-refractivity contribution in [3.05, 3.63) is 54.6 Å². The zero-order chi connectivity index (χ0) is 11.9. The molecule has 2 heteroatoms. The average molecular weight is 247 g/mol. The van der Waals surface area contributed by atoms with E-state index in [4.69, 9.17) is 16.3 Å². The van der Waals surface area contributed by atoms with Crippen molar-refractivity contribution < 1.29 is 4.74 Å². The fourth-order valence-corrected chi connectivity index (χ4v) is 1.73. The lowest BCUT2D eigenvalue weighted by atomic mass is 10.1. The molecule has 88 valence electrons. The summed E-state index contributed by atoms with van der Waals surface area (Å²) >= 11 is 5.59. The van der Waals surface area contributed by atoms with Gasteiger partial charge in [-0.25, -0.2) is 0 Å². The van der Waals surface area contributed by atoms with Gasteiger partial charge in [0.2, 0.25) is 0 Å². The van der Waals surface area contributed by atoms with Crippen LogP contribution in [0.3, 0.4) is 0 Å². The molecule has 0 saturated carbocycles. The van der Waals surface area contributed by atoms with Gasteiger partial charge in [0.25, 0.3) is 0 Å². The second kappa shape index (κ2) is 6.31. The second-order valence-corrected chi connectivity index (χ2v) is 4.16. The first kappa shape index (κ1) is 12.0. The number of ether oxygens (including phenoxy) is 1. The Morgan fingerprint density at radius 2 is 1.47 bits per heavy atom. The predicted molar refractivity (Wildman–Crippen MR) is 72.7 cm³/mol. The third kappa shape index (κ3) is 3.50. The van der Waals surface area contributed by atoms with Crippen LogP contribution in [0.1, 0.15) is 6.42 Å². The van der Waals surface area contributed by atoms with E-state index in [-0.39, 0.29) is 0 Å². The number of halogens is 1. The highest BCUT2D eigenvalue weighted by Gasteiger charge is 1.97. The maximum atomic E-state index is 5.59. The molecule has 0 unspecified atom stereocenters. The van der Waals surface area contributed by atoms with Gasteiger partial charge in [0.05, 0.1) is 6.61 Å². The van der Waals surface area contributed by atoms with Crippen LogP contribution in [0, 0.1) is 0 Å². The van der Waals surface area contributed by atoms with Crippen molar-refractivity contribution in [3.63, 3.8) is 0 Å². The number of hydrogen-bond acceptors (Lipinski definition) is 1. The maximum absolute atomic E-state index is 5.59. The minimum atomic E-state index is 0.641. The predicted octanol–water partition coefficient (Wildman–Crippen LogP) is 4.36. The van der Waals surface area contributed by atoms with E-state index in [2.05, 4.69) is 24.3 Å². The molecule has 0 aliphatic carbocycles. The van der Waals surface area contributed by atoms with Crippen LogP contribution < -0.4 is 4.74 Å². The summed E-state index contributed by atoms with van der Waals surface area (Å²) in [5, 5.41) is 0. The summed E-state index contributed by atoms with van der Waals surface area (Å²) in [5.74, 6) is 1.54. The summed E-state index contributed by atoms with van der Waals surface area (Å²) in [6.45, 7) is 0.675. The molecule has 0 bridgehead atoms. The monoisotopic (exact) mass is 246 g/mol. The molecular weight excluding hydrogens is 232 g/mol. The third-order valence-electron chi connectivity index (χ3n) is 2.51. The van der Waals surface area contributed by atoms with Gasteiger partial charge in [-0.1, -0.05) is 42.5 Å². The molecule has 0 fully saturated rings. The van der Waals surface area contributed by atoms with Crippen LogP contribution in [-0.4, -0.2) is 12.5 Å². The highest BCUT2D eigenvalue weighted by Crippen LogP contribution is 2.21. The lowest BCUT2D eigenvalue weighted by Gasteiger charge is -2.06. The fraction of sp³-hybridized carbons (Fsp3) is 0.200. The van der Waals surface area contributed by atoms with Gasteiger partial charge in [-0.2, -0.15) is 0 Å². The van der Waals surface area contributed by atoms with Crippen LogP contribution in [0.15, 0.2) is 54.6 Å². The lowest BCUT2D eigenvalue weighted by molar-refractivity contribution is 0.318. The van der Waals surface area contributed by atoms with E-state index in [1.54, 1.807) is 0 Å². The van der Waals surface area contributed by atoms with E-state index >= 15 is 0 Å². The molecule has 2 aromatic carbocycles. The van der Waals surface area contributed by atoms with Crippen LogP contribution in [0.4, 0.5) is 0 Å². The van der Waals surface area contributed by atoms with E-state index in [1.807, 2.05) is 30.3 Å². The van der Waals surface area contributed by atoms with Crippen LogP contribution >= 0.6 is 11.6 Å². The molecule has 0 N–H and O–H groups in total. The van der Waals surface area contributed by atoms with E-state index < -0.39 is 0 Å². The van der Waals surface area contributed by atoms with Gasteiger partial charge in [0.15, 0.2) is 0 Å². The Kier molecular flexibility index (Phi) is 4.45. The Bertz CT molecular complexity index is 436. The van der Waals surface area contributed by atoms with Gasteiger partial charge in [-0.05, 0) is 29.7 Å². The standard InChI is InChI=1S/C15H15ClO/c16-11-4-12-17-15-9-7-14(8-10-15)13-5-2-1-3-6-13/h1-3,5-10H,4,11-12H2. The van der Waals surface area contributed by atoms with Crippen molar-refractivity contribution in [2.45, 2.75) is 6.42 Å². The Morgan fingerprint density at radius 1 is 0.824 bits per heavy atom. The van der Waals surface area contributed by atoms with Gasteiger partial charge in [0.1, 0.15) is 5.75 Å². The van der Waals surface area contributed by atoms with Crippen molar-refractivity contribution in [1.82, 2.24) is 0 Å².